The molecule has 2 aromatic rings. The van der Waals surface area contributed by atoms with Crippen molar-refractivity contribution < 1.29 is 19.1 Å². The fourth-order valence-corrected chi connectivity index (χ4v) is 4.32. The number of allylic oxidation sites excluding steroid dienone is 1. The number of halogens is 1. The maximum atomic E-state index is 13.2. The number of dihydropyridines is 1. The van der Waals surface area contributed by atoms with Gasteiger partial charge in [-0.15, -0.1) is 0 Å². The van der Waals surface area contributed by atoms with Crippen molar-refractivity contribution in [3.63, 3.8) is 0 Å². The van der Waals surface area contributed by atoms with E-state index in [4.69, 9.17) is 21.1 Å². The van der Waals surface area contributed by atoms with Crippen molar-refractivity contribution in [2.24, 2.45) is 0 Å². The second-order valence-corrected chi connectivity index (χ2v) is 7.65. The third-order valence-corrected chi connectivity index (χ3v) is 5.73. The van der Waals surface area contributed by atoms with Crippen LogP contribution in [0.15, 0.2) is 77.1 Å². The zero-order valence-electron chi connectivity index (χ0n) is 16.8. The topological polar surface area (TPSA) is 64.6 Å². The van der Waals surface area contributed by atoms with Crippen molar-refractivity contribution in [2.45, 2.75) is 32.3 Å². The molecule has 6 heteroatoms. The summed E-state index contributed by atoms with van der Waals surface area (Å²) >= 11 is 6.49. The Kier molecular flexibility index (Phi) is 5.64. The van der Waals surface area contributed by atoms with Crippen LogP contribution in [0.5, 0.6) is 0 Å². The van der Waals surface area contributed by atoms with Crippen LogP contribution in [-0.4, -0.2) is 18.5 Å². The summed E-state index contributed by atoms with van der Waals surface area (Å²) < 4.78 is 11.1. The normalized spacial score (nSPS) is 21.0. The molecule has 0 aliphatic carbocycles. The lowest BCUT2D eigenvalue weighted by atomic mass is 9.78. The molecule has 1 N–H and O–H groups in total. The highest BCUT2D eigenvalue weighted by atomic mass is 35.5. The number of ether oxygens (including phenoxy) is 2. The quantitative estimate of drug-likeness (QED) is 0.715. The minimum atomic E-state index is -0.654. The summed E-state index contributed by atoms with van der Waals surface area (Å²) in [7, 11) is 0. The van der Waals surface area contributed by atoms with Crippen LogP contribution >= 0.6 is 11.6 Å². The molecule has 0 fully saturated rings. The molecule has 0 saturated carbocycles. The lowest BCUT2D eigenvalue weighted by molar-refractivity contribution is -0.146. The number of hydrogen-bond acceptors (Lipinski definition) is 5. The van der Waals surface area contributed by atoms with E-state index in [1.807, 2.05) is 55.5 Å². The molecule has 5 nitrogen and oxygen atoms in total. The summed E-state index contributed by atoms with van der Waals surface area (Å²) in [5.74, 6) is -1.59. The maximum Gasteiger partial charge on any atom is 0.337 e. The van der Waals surface area contributed by atoms with Crippen LogP contribution in [0.3, 0.4) is 0 Å². The van der Waals surface area contributed by atoms with E-state index in [1.54, 1.807) is 13.0 Å². The van der Waals surface area contributed by atoms with Crippen molar-refractivity contribution in [3.05, 3.63) is 93.3 Å². The van der Waals surface area contributed by atoms with Crippen LogP contribution in [-0.2, 0) is 19.1 Å². The molecular formula is C24H22ClNO4. The van der Waals surface area contributed by atoms with Gasteiger partial charge in [0.1, 0.15) is 6.10 Å². The highest BCUT2D eigenvalue weighted by molar-refractivity contribution is 6.31. The number of nitrogens with one attached hydrogen (secondary N) is 1. The molecule has 154 valence electrons. The largest absolute Gasteiger partial charge is 0.463 e. The number of esters is 2. The third kappa shape index (κ3) is 3.61. The predicted octanol–water partition coefficient (Wildman–Crippen LogP) is 4.81. The van der Waals surface area contributed by atoms with Gasteiger partial charge in [-0.25, -0.2) is 9.59 Å². The van der Waals surface area contributed by atoms with Gasteiger partial charge in [-0.1, -0.05) is 60.1 Å². The summed E-state index contributed by atoms with van der Waals surface area (Å²) in [5, 5.41) is 3.75. The van der Waals surface area contributed by atoms with Crippen LogP contribution < -0.4 is 5.32 Å². The molecule has 2 heterocycles. The van der Waals surface area contributed by atoms with E-state index < -0.39 is 24.0 Å². The lowest BCUT2D eigenvalue weighted by Gasteiger charge is -2.36. The zero-order valence-corrected chi connectivity index (χ0v) is 17.5. The highest BCUT2D eigenvalue weighted by Gasteiger charge is 2.43. The molecule has 0 saturated heterocycles. The molecule has 0 radical (unpaired) electrons. The average Bonchev–Trinajstić information content (AvgIpc) is 2.74. The SMILES string of the molecule is CCOC(=O)C1=C(C)NC2=C(C(=O)OC(c3ccccc3)C2)C1c1ccccc1Cl. The van der Waals surface area contributed by atoms with Gasteiger partial charge in [-0.3, -0.25) is 0 Å². The van der Waals surface area contributed by atoms with Gasteiger partial charge in [-0.2, -0.15) is 0 Å². The first-order valence-electron chi connectivity index (χ1n) is 9.89. The van der Waals surface area contributed by atoms with Gasteiger partial charge in [-0.05, 0) is 31.0 Å². The molecule has 2 aliphatic rings. The smallest absolute Gasteiger partial charge is 0.337 e. The molecule has 0 bridgehead atoms. The molecule has 0 amide bonds. The van der Waals surface area contributed by atoms with Crippen molar-refractivity contribution >= 4 is 23.5 Å². The number of cyclic esters (lactones) is 1. The minimum absolute atomic E-state index is 0.233. The Morgan fingerprint density at radius 1 is 1.17 bits per heavy atom. The summed E-state index contributed by atoms with van der Waals surface area (Å²) in [4.78, 5) is 26.0. The zero-order chi connectivity index (χ0) is 21.3. The van der Waals surface area contributed by atoms with Gasteiger partial charge in [0.2, 0.25) is 0 Å². The lowest BCUT2D eigenvalue weighted by Crippen LogP contribution is -2.37. The van der Waals surface area contributed by atoms with E-state index >= 15 is 0 Å². The van der Waals surface area contributed by atoms with Crippen molar-refractivity contribution in [1.29, 1.82) is 0 Å². The average molecular weight is 424 g/mol. The monoisotopic (exact) mass is 423 g/mol. The van der Waals surface area contributed by atoms with Crippen LogP contribution in [0.1, 0.15) is 43.4 Å². The molecule has 2 aliphatic heterocycles. The Labute approximate surface area is 180 Å². The molecular weight excluding hydrogens is 402 g/mol. The number of benzene rings is 2. The van der Waals surface area contributed by atoms with Crippen molar-refractivity contribution in [1.82, 2.24) is 5.32 Å². The first-order valence-corrected chi connectivity index (χ1v) is 10.3. The summed E-state index contributed by atoms with van der Waals surface area (Å²) in [6.45, 7) is 3.80. The second kappa shape index (κ2) is 8.36. The Bertz CT molecular complexity index is 1060. The Morgan fingerprint density at radius 2 is 1.87 bits per heavy atom. The molecule has 2 aromatic carbocycles. The van der Waals surface area contributed by atoms with E-state index in [-0.39, 0.29) is 6.61 Å². The van der Waals surface area contributed by atoms with Crippen LogP contribution in [0, 0.1) is 0 Å². The number of carbonyl (C=O) groups excluding carboxylic acids is 2. The minimum Gasteiger partial charge on any atom is -0.463 e. The van der Waals surface area contributed by atoms with Crippen molar-refractivity contribution in [3.8, 4) is 0 Å². The standard InChI is InChI=1S/C24H22ClNO4/c1-3-29-23(27)20-14(2)26-18-13-19(15-9-5-4-6-10-15)30-24(28)22(18)21(20)16-11-7-8-12-17(16)25/h4-12,19,21,26H,3,13H2,1-2H3. The molecule has 0 spiro atoms. The number of hydrogen-bond donors (Lipinski definition) is 1. The van der Waals surface area contributed by atoms with E-state index in [0.29, 0.717) is 33.9 Å². The van der Waals surface area contributed by atoms with Gasteiger partial charge in [0.25, 0.3) is 0 Å². The first-order chi connectivity index (χ1) is 14.5. The van der Waals surface area contributed by atoms with E-state index in [1.165, 1.54) is 0 Å². The molecule has 4 rings (SSSR count). The Balaban J connectivity index is 1.82. The van der Waals surface area contributed by atoms with Gasteiger partial charge in [0.05, 0.1) is 23.7 Å². The molecule has 2 unspecified atom stereocenters. The Hall–Kier alpha value is -3.05. The van der Waals surface area contributed by atoms with E-state index in [2.05, 4.69) is 5.32 Å². The van der Waals surface area contributed by atoms with Gasteiger partial charge >= 0.3 is 11.9 Å². The van der Waals surface area contributed by atoms with Gasteiger partial charge in [0.15, 0.2) is 0 Å². The maximum absolute atomic E-state index is 13.2. The summed E-state index contributed by atoms with van der Waals surface area (Å²) in [6, 6.07) is 16.8. The number of carbonyl (C=O) groups is 2. The van der Waals surface area contributed by atoms with Crippen LogP contribution in [0.4, 0.5) is 0 Å². The Morgan fingerprint density at radius 3 is 2.57 bits per heavy atom. The van der Waals surface area contributed by atoms with E-state index in [9.17, 15) is 9.59 Å². The van der Waals surface area contributed by atoms with E-state index in [0.717, 1.165) is 11.3 Å². The fourth-order valence-electron chi connectivity index (χ4n) is 4.07. The molecule has 30 heavy (non-hydrogen) atoms. The fraction of sp³-hybridized carbons (Fsp3) is 0.250. The highest BCUT2D eigenvalue weighted by Crippen LogP contribution is 2.46. The predicted molar refractivity (Wildman–Crippen MR) is 114 cm³/mol. The van der Waals surface area contributed by atoms with Crippen molar-refractivity contribution in [2.75, 3.05) is 6.61 Å². The van der Waals surface area contributed by atoms with Crippen LogP contribution in [0.25, 0.3) is 0 Å². The van der Waals surface area contributed by atoms with Gasteiger partial charge < -0.3 is 14.8 Å². The first kappa shape index (κ1) is 20.2. The third-order valence-electron chi connectivity index (χ3n) is 5.39. The summed E-state index contributed by atoms with van der Waals surface area (Å²) in [5.41, 5.74) is 3.77. The van der Waals surface area contributed by atoms with Crippen LogP contribution in [0.2, 0.25) is 5.02 Å². The molecule has 2 atom stereocenters. The number of rotatable bonds is 4. The molecule has 0 aromatic heterocycles. The summed E-state index contributed by atoms with van der Waals surface area (Å²) in [6.07, 6.45) is 0.0910. The second-order valence-electron chi connectivity index (χ2n) is 7.24. The van der Waals surface area contributed by atoms with Gasteiger partial charge in [0, 0.05) is 22.8 Å².